The van der Waals surface area contributed by atoms with Crippen LogP contribution in [0.5, 0.6) is 5.75 Å². The van der Waals surface area contributed by atoms with Crippen LogP contribution < -0.4 is 9.46 Å². The number of thiophene rings is 1. The van der Waals surface area contributed by atoms with Gasteiger partial charge in [0.25, 0.3) is 10.0 Å². The largest absolute Gasteiger partial charge is 0.488 e. The van der Waals surface area contributed by atoms with Gasteiger partial charge >= 0.3 is 0 Å². The molecule has 4 rings (SSSR count). The number of carbonyl (C=O) groups excluding carboxylic acids is 1. The first kappa shape index (κ1) is 28.1. The van der Waals surface area contributed by atoms with E-state index in [1.165, 1.54) is 5.56 Å². The maximum atomic E-state index is 13.4. The van der Waals surface area contributed by atoms with E-state index in [2.05, 4.69) is 28.7 Å². The number of fused-ring (bicyclic) bond motifs is 1. The van der Waals surface area contributed by atoms with Crippen molar-refractivity contribution in [3.8, 4) is 5.75 Å². The molecule has 0 aliphatic carbocycles. The molecule has 1 amide bonds. The molecule has 1 aromatic heterocycles. The van der Waals surface area contributed by atoms with Crippen LogP contribution in [0.25, 0.3) is 0 Å². The monoisotopic (exact) mass is 557 g/mol. The van der Waals surface area contributed by atoms with Gasteiger partial charge in [0.1, 0.15) is 16.1 Å². The number of aliphatic hydroxyl groups excluding tert-OH is 1. The molecule has 0 fully saturated rings. The van der Waals surface area contributed by atoms with Gasteiger partial charge in [-0.2, -0.15) is 0 Å². The van der Waals surface area contributed by atoms with Crippen LogP contribution in [0.1, 0.15) is 25.0 Å². The molecule has 3 aromatic rings. The Labute approximate surface area is 228 Å². The van der Waals surface area contributed by atoms with Crippen LogP contribution in [-0.4, -0.2) is 68.1 Å². The van der Waals surface area contributed by atoms with E-state index in [0.717, 1.165) is 17.9 Å². The smallest absolute Gasteiger partial charge is 0.271 e. The third-order valence-corrected chi connectivity index (χ3v) is 9.49. The topological polar surface area (TPSA) is 99.2 Å². The molecule has 0 saturated heterocycles. The minimum absolute atomic E-state index is 0.0193. The molecule has 0 spiro atoms. The lowest BCUT2D eigenvalue weighted by atomic mass is 10.0. The van der Waals surface area contributed by atoms with Crippen molar-refractivity contribution in [2.75, 3.05) is 31.5 Å². The Hall–Kier alpha value is -2.92. The Bertz CT molecular complexity index is 1320. The summed E-state index contributed by atoms with van der Waals surface area (Å²) in [6.45, 7) is 5.55. The SMILES string of the molecule is C[C@H](CO)N1C[C@H](C)[C@H](CN(C)Cc2ccccc2)Oc2ccc(NS(=O)(=O)c3cccs3)cc2CC1=O. The Balaban J connectivity index is 1.63. The van der Waals surface area contributed by atoms with Crippen LogP contribution >= 0.6 is 11.3 Å². The minimum Gasteiger partial charge on any atom is -0.488 e. The predicted molar refractivity (Wildman–Crippen MR) is 150 cm³/mol. The van der Waals surface area contributed by atoms with Crippen molar-refractivity contribution in [2.24, 2.45) is 5.92 Å². The lowest BCUT2D eigenvalue weighted by Crippen LogP contribution is -2.47. The number of carbonyl (C=O) groups is 1. The molecule has 0 bridgehead atoms. The number of likely N-dealkylation sites (N-methyl/N-ethyl adjacent to an activating group) is 1. The van der Waals surface area contributed by atoms with E-state index in [1.807, 2.05) is 32.2 Å². The van der Waals surface area contributed by atoms with E-state index in [9.17, 15) is 18.3 Å². The first-order valence-electron chi connectivity index (χ1n) is 12.6. The van der Waals surface area contributed by atoms with Gasteiger partial charge < -0.3 is 14.7 Å². The molecule has 2 heterocycles. The number of rotatable bonds is 9. The van der Waals surface area contributed by atoms with E-state index in [0.29, 0.717) is 30.1 Å². The number of amides is 1. The van der Waals surface area contributed by atoms with E-state index in [1.54, 1.807) is 40.6 Å². The number of hydrogen-bond donors (Lipinski definition) is 2. The fraction of sp³-hybridized carbons (Fsp3) is 0.393. The Morgan fingerprint density at radius 2 is 1.95 bits per heavy atom. The predicted octanol–water partition coefficient (Wildman–Crippen LogP) is 3.83. The van der Waals surface area contributed by atoms with Crippen molar-refractivity contribution in [3.63, 3.8) is 0 Å². The van der Waals surface area contributed by atoms with Crippen LogP contribution in [0.15, 0.2) is 70.3 Å². The van der Waals surface area contributed by atoms with Crippen LogP contribution in [0.4, 0.5) is 5.69 Å². The molecule has 10 heteroatoms. The van der Waals surface area contributed by atoms with Crippen LogP contribution in [0, 0.1) is 5.92 Å². The zero-order valence-corrected chi connectivity index (χ0v) is 23.5. The van der Waals surface area contributed by atoms with E-state index in [-0.39, 0.29) is 41.2 Å². The molecule has 1 aliphatic heterocycles. The molecule has 204 valence electrons. The molecule has 0 saturated carbocycles. The third kappa shape index (κ3) is 6.93. The van der Waals surface area contributed by atoms with E-state index >= 15 is 0 Å². The van der Waals surface area contributed by atoms with Gasteiger partial charge in [-0.05, 0) is 49.2 Å². The molecule has 1 aliphatic rings. The van der Waals surface area contributed by atoms with Gasteiger partial charge in [-0.1, -0.05) is 43.3 Å². The maximum Gasteiger partial charge on any atom is 0.271 e. The zero-order chi connectivity index (χ0) is 27.3. The second-order valence-corrected chi connectivity index (χ2v) is 12.8. The molecular formula is C28H35N3O5S2. The Morgan fingerprint density at radius 1 is 1.18 bits per heavy atom. The van der Waals surface area contributed by atoms with Crippen molar-refractivity contribution in [1.82, 2.24) is 9.80 Å². The van der Waals surface area contributed by atoms with Crippen LogP contribution in [-0.2, 0) is 27.8 Å². The summed E-state index contributed by atoms with van der Waals surface area (Å²) in [5.41, 5.74) is 2.15. The van der Waals surface area contributed by atoms with Gasteiger partial charge in [0.05, 0.1) is 19.1 Å². The normalized spacial score (nSPS) is 19.2. The maximum absolute atomic E-state index is 13.4. The fourth-order valence-corrected chi connectivity index (χ4v) is 6.64. The van der Waals surface area contributed by atoms with Gasteiger partial charge in [-0.25, -0.2) is 8.42 Å². The molecule has 3 atom stereocenters. The number of benzene rings is 2. The number of ether oxygens (including phenoxy) is 1. The molecule has 2 N–H and O–H groups in total. The Morgan fingerprint density at radius 3 is 2.63 bits per heavy atom. The lowest BCUT2D eigenvalue weighted by molar-refractivity contribution is -0.134. The number of aliphatic hydroxyl groups is 1. The number of nitrogens with zero attached hydrogens (tertiary/aromatic N) is 2. The molecule has 0 unspecified atom stereocenters. The summed E-state index contributed by atoms with van der Waals surface area (Å²) in [6.07, 6.45) is -0.205. The summed E-state index contributed by atoms with van der Waals surface area (Å²) >= 11 is 1.14. The summed E-state index contributed by atoms with van der Waals surface area (Å²) in [6, 6.07) is 18.1. The lowest BCUT2D eigenvalue weighted by Gasteiger charge is -2.34. The molecule has 38 heavy (non-hydrogen) atoms. The summed E-state index contributed by atoms with van der Waals surface area (Å²) in [4.78, 5) is 17.3. The van der Waals surface area contributed by atoms with Crippen molar-refractivity contribution >= 4 is 33.0 Å². The Kier molecular flexibility index (Phi) is 9.09. The highest BCUT2D eigenvalue weighted by Crippen LogP contribution is 2.30. The second kappa shape index (κ2) is 12.3. The highest BCUT2D eigenvalue weighted by Gasteiger charge is 2.31. The number of nitrogens with one attached hydrogen (secondary N) is 1. The average Bonchev–Trinajstić information content (AvgIpc) is 3.44. The summed E-state index contributed by atoms with van der Waals surface area (Å²) in [5.74, 6) is 0.398. The van der Waals surface area contributed by atoms with Crippen LogP contribution in [0.2, 0.25) is 0 Å². The fourth-order valence-electron chi connectivity index (χ4n) is 4.60. The summed E-state index contributed by atoms with van der Waals surface area (Å²) in [5, 5.41) is 11.6. The standard InChI is InChI=1S/C28H35N3O5S2/c1-20-16-31(21(2)19-32)27(33)15-23-14-24(29-38(34,35)28-10-7-13-37-28)11-12-25(23)36-26(20)18-30(3)17-22-8-5-4-6-9-22/h4-14,20-21,26,29,32H,15-19H2,1-3H3/t20-,21+,26-/m0/s1. The summed E-state index contributed by atoms with van der Waals surface area (Å²) < 4.78 is 34.9. The third-order valence-electron chi connectivity index (χ3n) is 6.72. The quantitative estimate of drug-likeness (QED) is 0.415. The van der Waals surface area contributed by atoms with Gasteiger partial charge in [0.2, 0.25) is 5.91 Å². The van der Waals surface area contributed by atoms with E-state index in [4.69, 9.17) is 4.74 Å². The van der Waals surface area contributed by atoms with Crippen LogP contribution in [0.3, 0.4) is 0 Å². The highest BCUT2D eigenvalue weighted by molar-refractivity contribution is 7.94. The average molecular weight is 558 g/mol. The number of sulfonamides is 1. The summed E-state index contributed by atoms with van der Waals surface area (Å²) in [7, 11) is -1.69. The van der Waals surface area contributed by atoms with Gasteiger partial charge in [-0.15, -0.1) is 11.3 Å². The first-order chi connectivity index (χ1) is 18.2. The van der Waals surface area contributed by atoms with Crippen molar-refractivity contribution in [3.05, 3.63) is 77.2 Å². The minimum atomic E-state index is -3.73. The van der Waals surface area contributed by atoms with Crippen molar-refractivity contribution in [1.29, 1.82) is 0 Å². The molecule has 0 radical (unpaired) electrons. The zero-order valence-electron chi connectivity index (χ0n) is 21.9. The van der Waals surface area contributed by atoms with Gasteiger partial charge in [0, 0.05) is 36.8 Å². The molecule has 2 aromatic carbocycles. The number of hydrogen-bond acceptors (Lipinski definition) is 7. The second-order valence-electron chi connectivity index (χ2n) is 9.93. The number of anilines is 1. The molecule has 8 nitrogen and oxygen atoms in total. The van der Waals surface area contributed by atoms with Crippen molar-refractivity contribution in [2.45, 2.75) is 43.2 Å². The highest BCUT2D eigenvalue weighted by atomic mass is 32.2. The first-order valence-corrected chi connectivity index (χ1v) is 15.0. The van der Waals surface area contributed by atoms with Gasteiger partial charge in [0.15, 0.2) is 0 Å². The van der Waals surface area contributed by atoms with Gasteiger partial charge in [-0.3, -0.25) is 14.4 Å². The molecular weight excluding hydrogens is 522 g/mol. The van der Waals surface area contributed by atoms with Crippen molar-refractivity contribution < 1.29 is 23.1 Å². The van der Waals surface area contributed by atoms with E-state index < -0.39 is 10.0 Å².